The van der Waals surface area contributed by atoms with Gasteiger partial charge in [0.25, 0.3) is 0 Å². The molecule has 7 heteroatoms. The van der Waals surface area contributed by atoms with Crippen LogP contribution in [0.3, 0.4) is 0 Å². The van der Waals surface area contributed by atoms with Gasteiger partial charge in [0, 0.05) is 18.1 Å². The maximum Gasteiger partial charge on any atom is 0.356 e. The normalized spacial score (nSPS) is 10.5. The Kier molecular flexibility index (Phi) is 3.04. The molecule has 0 aliphatic carbocycles. The summed E-state index contributed by atoms with van der Waals surface area (Å²) in [6.45, 7) is 1.61. The van der Waals surface area contributed by atoms with E-state index >= 15 is 0 Å². The summed E-state index contributed by atoms with van der Waals surface area (Å²) in [6.07, 6.45) is 2.84. The van der Waals surface area contributed by atoms with E-state index in [2.05, 4.69) is 15.0 Å². The number of aromatic amines is 1. The fourth-order valence-corrected chi connectivity index (χ4v) is 1.97. The van der Waals surface area contributed by atoms with E-state index < -0.39 is 5.97 Å². The third kappa shape index (κ3) is 2.11. The molecule has 2 heterocycles. The molecular formula is C10H7Cl2N3O2. The van der Waals surface area contributed by atoms with Crippen LogP contribution in [0.25, 0.3) is 11.4 Å². The summed E-state index contributed by atoms with van der Waals surface area (Å²) in [5.74, 6) is -0.788. The molecule has 0 amide bonds. The fourth-order valence-electron chi connectivity index (χ4n) is 1.42. The van der Waals surface area contributed by atoms with Gasteiger partial charge in [0.1, 0.15) is 5.82 Å². The summed E-state index contributed by atoms with van der Waals surface area (Å²) in [7, 11) is 0. The van der Waals surface area contributed by atoms with Crippen LogP contribution in [-0.4, -0.2) is 26.0 Å². The Morgan fingerprint density at radius 3 is 2.41 bits per heavy atom. The van der Waals surface area contributed by atoms with Crippen molar-refractivity contribution in [2.24, 2.45) is 0 Å². The molecule has 0 radical (unpaired) electrons. The molecular weight excluding hydrogens is 265 g/mol. The van der Waals surface area contributed by atoms with Gasteiger partial charge in [0.2, 0.25) is 0 Å². The van der Waals surface area contributed by atoms with Crippen LogP contribution in [0, 0.1) is 6.92 Å². The lowest BCUT2D eigenvalue weighted by Gasteiger charge is -2.01. The number of aromatic carboxylic acids is 1. The number of aryl methyl sites for hydroxylation is 1. The summed E-state index contributed by atoms with van der Waals surface area (Å²) >= 11 is 11.9. The molecule has 0 atom stereocenters. The van der Waals surface area contributed by atoms with Gasteiger partial charge in [-0.25, -0.2) is 9.78 Å². The minimum atomic E-state index is -1.11. The van der Waals surface area contributed by atoms with Crippen molar-refractivity contribution in [1.29, 1.82) is 0 Å². The van der Waals surface area contributed by atoms with Gasteiger partial charge < -0.3 is 10.1 Å². The van der Waals surface area contributed by atoms with E-state index in [1.165, 1.54) is 12.4 Å². The van der Waals surface area contributed by atoms with Crippen LogP contribution >= 0.6 is 23.2 Å². The van der Waals surface area contributed by atoms with Crippen molar-refractivity contribution in [2.75, 3.05) is 0 Å². The second kappa shape index (κ2) is 4.35. The van der Waals surface area contributed by atoms with Crippen LogP contribution in [0.1, 0.15) is 16.2 Å². The molecule has 2 aromatic heterocycles. The molecule has 0 spiro atoms. The van der Waals surface area contributed by atoms with Gasteiger partial charge in [-0.2, -0.15) is 0 Å². The van der Waals surface area contributed by atoms with Gasteiger partial charge in [-0.05, 0) is 6.92 Å². The molecule has 17 heavy (non-hydrogen) atoms. The number of H-pyrrole nitrogens is 1. The van der Waals surface area contributed by atoms with Crippen molar-refractivity contribution in [2.45, 2.75) is 6.92 Å². The van der Waals surface area contributed by atoms with Crippen molar-refractivity contribution in [1.82, 2.24) is 15.0 Å². The number of rotatable bonds is 2. The Morgan fingerprint density at radius 1 is 1.35 bits per heavy atom. The van der Waals surface area contributed by atoms with Crippen LogP contribution in [-0.2, 0) is 0 Å². The van der Waals surface area contributed by atoms with E-state index in [1.807, 2.05) is 0 Å². The first-order valence-corrected chi connectivity index (χ1v) is 5.35. The predicted molar refractivity (Wildman–Crippen MR) is 63.5 cm³/mol. The molecule has 2 N–H and O–H groups in total. The smallest absolute Gasteiger partial charge is 0.356 e. The molecule has 0 aromatic carbocycles. The molecule has 0 aliphatic heterocycles. The minimum Gasteiger partial charge on any atom is -0.476 e. The van der Waals surface area contributed by atoms with Crippen molar-refractivity contribution in [3.63, 3.8) is 0 Å². The third-order valence-electron chi connectivity index (χ3n) is 2.18. The SMILES string of the molecule is Cc1[nH]c(-c2c(Cl)cncc2Cl)nc1C(=O)O. The predicted octanol–water partition coefficient (Wildman–Crippen LogP) is 2.79. The van der Waals surface area contributed by atoms with Gasteiger partial charge >= 0.3 is 5.97 Å². The molecule has 2 rings (SSSR count). The number of hydrogen-bond acceptors (Lipinski definition) is 3. The van der Waals surface area contributed by atoms with Crippen molar-refractivity contribution < 1.29 is 9.90 Å². The van der Waals surface area contributed by atoms with E-state index in [0.29, 0.717) is 27.1 Å². The topological polar surface area (TPSA) is 78.9 Å². The molecule has 0 saturated carbocycles. The number of aromatic nitrogens is 3. The zero-order valence-electron chi connectivity index (χ0n) is 8.66. The van der Waals surface area contributed by atoms with E-state index in [4.69, 9.17) is 28.3 Å². The van der Waals surface area contributed by atoms with Gasteiger partial charge in [-0.1, -0.05) is 23.2 Å². The van der Waals surface area contributed by atoms with Crippen LogP contribution < -0.4 is 0 Å². The number of halogens is 2. The second-order valence-electron chi connectivity index (χ2n) is 3.34. The zero-order chi connectivity index (χ0) is 12.6. The lowest BCUT2D eigenvalue weighted by Crippen LogP contribution is -1.98. The molecule has 0 unspecified atom stereocenters. The number of nitrogens with zero attached hydrogens (tertiary/aromatic N) is 2. The summed E-state index contributed by atoms with van der Waals surface area (Å²) in [4.78, 5) is 21.5. The van der Waals surface area contributed by atoms with Crippen LogP contribution in [0.2, 0.25) is 10.0 Å². The van der Waals surface area contributed by atoms with Crippen molar-refractivity contribution >= 4 is 29.2 Å². The molecule has 0 saturated heterocycles. The average Bonchev–Trinajstić information content (AvgIpc) is 2.60. The van der Waals surface area contributed by atoms with E-state index in [-0.39, 0.29) is 5.69 Å². The summed E-state index contributed by atoms with van der Waals surface area (Å²) in [5, 5.41) is 9.52. The van der Waals surface area contributed by atoms with Crippen molar-refractivity contribution in [3.8, 4) is 11.4 Å². The first-order chi connectivity index (χ1) is 8.00. The Bertz CT molecular complexity index is 575. The second-order valence-corrected chi connectivity index (χ2v) is 4.16. The van der Waals surface area contributed by atoms with E-state index in [9.17, 15) is 4.79 Å². The lowest BCUT2D eigenvalue weighted by atomic mass is 10.2. The quantitative estimate of drug-likeness (QED) is 0.880. The minimum absolute atomic E-state index is 0.0519. The Hall–Kier alpha value is -1.59. The Morgan fingerprint density at radius 2 is 1.94 bits per heavy atom. The van der Waals surface area contributed by atoms with Crippen LogP contribution in [0.5, 0.6) is 0 Å². The van der Waals surface area contributed by atoms with Gasteiger partial charge in [-0.3, -0.25) is 4.98 Å². The van der Waals surface area contributed by atoms with Crippen LogP contribution in [0.4, 0.5) is 0 Å². The maximum absolute atomic E-state index is 10.9. The van der Waals surface area contributed by atoms with E-state index in [1.54, 1.807) is 6.92 Å². The molecule has 5 nitrogen and oxygen atoms in total. The fraction of sp³-hybridized carbons (Fsp3) is 0.100. The summed E-state index contributed by atoms with van der Waals surface area (Å²) < 4.78 is 0. The number of pyridine rings is 1. The average molecular weight is 272 g/mol. The Labute approximate surface area is 106 Å². The lowest BCUT2D eigenvalue weighted by molar-refractivity contribution is 0.0690. The zero-order valence-corrected chi connectivity index (χ0v) is 10.2. The third-order valence-corrected chi connectivity index (χ3v) is 2.75. The highest BCUT2D eigenvalue weighted by Crippen LogP contribution is 2.32. The number of nitrogens with one attached hydrogen (secondary N) is 1. The monoisotopic (exact) mass is 271 g/mol. The van der Waals surface area contributed by atoms with Gasteiger partial charge in [0.15, 0.2) is 5.69 Å². The number of carboxylic acids is 1. The van der Waals surface area contributed by atoms with E-state index in [0.717, 1.165) is 0 Å². The molecule has 0 bridgehead atoms. The Balaban J connectivity index is 2.62. The molecule has 0 aliphatic rings. The number of hydrogen-bond donors (Lipinski definition) is 2. The largest absolute Gasteiger partial charge is 0.476 e. The number of imidazole rings is 1. The number of carboxylic acid groups (broad SMARTS) is 1. The highest BCUT2D eigenvalue weighted by molar-refractivity contribution is 6.38. The highest BCUT2D eigenvalue weighted by atomic mass is 35.5. The molecule has 2 aromatic rings. The first-order valence-electron chi connectivity index (χ1n) is 4.60. The van der Waals surface area contributed by atoms with Gasteiger partial charge in [-0.15, -0.1) is 0 Å². The summed E-state index contributed by atoms with van der Waals surface area (Å²) in [6, 6.07) is 0. The maximum atomic E-state index is 10.9. The molecule has 88 valence electrons. The van der Waals surface area contributed by atoms with Crippen molar-refractivity contribution in [3.05, 3.63) is 33.8 Å². The van der Waals surface area contributed by atoms with Gasteiger partial charge in [0.05, 0.1) is 15.6 Å². The standard InChI is InChI=1S/C10H7Cl2N3O2/c1-4-8(10(16)17)15-9(14-4)7-5(11)2-13-3-6(7)12/h2-3H,1H3,(H,14,15)(H,16,17). The highest BCUT2D eigenvalue weighted by Gasteiger charge is 2.18. The van der Waals surface area contributed by atoms with Crippen LogP contribution in [0.15, 0.2) is 12.4 Å². The molecule has 0 fully saturated rings. The summed E-state index contributed by atoms with van der Waals surface area (Å²) in [5.41, 5.74) is 0.833. The first kappa shape index (κ1) is 11.9. The number of carbonyl (C=O) groups is 1.